The molecule has 78 valence electrons. The fraction of sp³-hybridized carbons (Fsp3) is 0. The van der Waals surface area contributed by atoms with Gasteiger partial charge in [0.05, 0.1) is 0 Å². The van der Waals surface area contributed by atoms with Crippen molar-refractivity contribution in [3.8, 4) is 0 Å². The van der Waals surface area contributed by atoms with Crippen LogP contribution in [0.1, 0.15) is 10.4 Å². The van der Waals surface area contributed by atoms with Gasteiger partial charge in [0.15, 0.2) is 0 Å². The molecular formula is C13H8O2Se. The first kappa shape index (κ1) is 9.64. The maximum atomic E-state index is 11.1. The Morgan fingerprint density at radius 2 is 1.75 bits per heavy atom. The molecule has 3 rings (SSSR count). The molecule has 0 radical (unpaired) electrons. The Balaban J connectivity index is 2.54. The van der Waals surface area contributed by atoms with Crippen molar-refractivity contribution in [1.29, 1.82) is 0 Å². The van der Waals surface area contributed by atoms with Crippen LogP contribution in [0.25, 0.3) is 19.3 Å². The molecule has 0 saturated heterocycles. The number of hydrogen-bond donors (Lipinski definition) is 1. The van der Waals surface area contributed by atoms with Gasteiger partial charge in [0.1, 0.15) is 0 Å². The third kappa shape index (κ3) is 1.29. The van der Waals surface area contributed by atoms with Crippen LogP contribution in [-0.4, -0.2) is 25.6 Å². The minimum atomic E-state index is -0.827. The molecule has 1 heterocycles. The molecule has 0 aliphatic rings. The van der Waals surface area contributed by atoms with E-state index in [0.717, 1.165) is 9.65 Å². The van der Waals surface area contributed by atoms with E-state index in [0.29, 0.717) is 5.56 Å². The van der Waals surface area contributed by atoms with Crippen LogP contribution in [-0.2, 0) is 0 Å². The Labute approximate surface area is 97.9 Å². The molecule has 3 heteroatoms. The molecule has 0 fully saturated rings. The normalized spacial score (nSPS) is 11.0. The summed E-state index contributed by atoms with van der Waals surface area (Å²) in [4.78, 5) is 11.1. The summed E-state index contributed by atoms with van der Waals surface area (Å²) in [6.07, 6.45) is 0. The van der Waals surface area contributed by atoms with E-state index in [1.165, 1.54) is 9.65 Å². The second-order valence-electron chi connectivity index (χ2n) is 3.59. The zero-order valence-corrected chi connectivity index (χ0v) is 10.0. The summed E-state index contributed by atoms with van der Waals surface area (Å²) < 4.78 is 2.28. The monoisotopic (exact) mass is 276 g/mol. The molecule has 0 bridgehead atoms. The molecule has 2 nitrogen and oxygen atoms in total. The standard InChI is InChI=1S/C13H8O2Se/c14-13(15)10-6-3-5-9-8-4-1-2-7-11(8)16-12(9)10/h1-7H,(H,14,15). The first-order valence-corrected chi connectivity index (χ1v) is 6.62. The number of hydrogen-bond acceptors (Lipinski definition) is 1. The van der Waals surface area contributed by atoms with E-state index in [-0.39, 0.29) is 14.5 Å². The van der Waals surface area contributed by atoms with Crippen LogP contribution in [0.3, 0.4) is 0 Å². The predicted octanol–water partition coefficient (Wildman–Crippen LogP) is 2.75. The van der Waals surface area contributed by atoms with Crippen LogP contribution in [0.4, 0.5) is 0 Å². The molecule has 2 aromatic carbocycles. The number of carboxylic acids is 1. The molecule has 0 aliphatic heterocycles. The summed E-state index contributed by atoms with van der Waals surface area (Å²) >= 11 is 0.126. The van der Waals surface area contributed by atoms with E-state index >= 15 is 0 Å². The van der Waals surface area contributed by atoms with Gasteiger partial charge in [-0.2, -0.15) is 0 Å². The van der Waals surface area contributed by atoms with Gasteiger partial charge in [0.2, 0.25) is 0 Å². The summed E-state index contributed by atoms with van der Waals surface area (Å²) in [5.74, 6) is -0.827. The van der Waals surface area contributed by atoms with Gasteiger partial charge in [-0.25, -0.2) is 0 Å². The third-order valence-electron chi connectivity index (χ3n) is 2.63. The topological polar surface area (TPSA) is 37.3 Å². The first-order valence-electron chi connectivity index (χ1n) is 4.91. The van der Waals surface area contributed by atoms with E-state index in [9.17, 15) is 4.79 Å². The van der Waals surface area contributed by atoms with E-state index in [1.807, 2.05) is 24.3 Å². The van der Waals surface area contributed by atoms with Crippen molar-refractivity contribution in [2.45, 2.75) is 0 Å². The van der Waals surface area contributed by atoms with Gasteiger partial charge in [-0.15, -0.1) is 0 Å². The Kier molecular flexibility index (Phi) is 2.09. The fourth-order valence-corrected chi connectivity index (χ4v) is 4.45. The number of carboxylic acid groups (broad SMARTS) is 1. The average molecular weight is 275 g/mol. The number of benzene rings is 2. The summed E-state index contributed by atoms with van der Waals surface area (Å²) in [5.41, 5.74) is 0.453. The number of fused-ring (bicyclic) bond motifs is 3. The number of rotatable bonds is 1. The molecule has 0 spiro atoms. The van der Waals surface area contributed by atoms with Gasteiger partial charge < -0.3 is 0 Å². The molecule has 0 atom stereocenters. The molecule has 0 saturated carbocycles. The van der Waals surface area contributed by atoms with Crippen molar-refractivity contribution in [2.24, 2.45) is 0 Å². The van der Waals surface area contributed by atoms with E-state index in [2.05, 4.69) is 12.1 Å². The quantitative estimate of drug-likeness (QED) is 0.693. The van der Waals surface area contributed by atoms with Gasteiger partial charge in [-0.3, -0.25) is 0 Å². The van der Waals surface area contributed by atoms with Crippen LogP contribution in [0.2, 0.25) is 0 Å². The molecule has 0 amide bonds. The van der Waals surface area contributed by atoms with Crippen LogP contribution < -0.4 is 0 Å². The molecule has 3 aromatic rings. The summed E-state index contributed by atoms with van der Waals surface area (Å²) in [6, 6.07) is 13.7. The Morgan fingerprint density at radius 3 is 2.56 bits per heavy atom. The molecule has 1 aromatic heterocycles. The Morgan fingerprint density at radius 1 is 1.00 bits per heavy atom. The van der Waals surface area contributed by atoms with Crippen molar-refractivity contribution in [3.63, 3.8) is 0 Å². The van der Waals surface area contributed by atoms with Gasteiger partial charge in [0, 0.05) is 0 Å². The Bertz CT molecular complexity index is 697. The van der Waals surface area contributed by atoms with Crippen LogP contribution in [0.15, 0.2) is 42.5 Å². The number of carbonyl (C=O) groups is 1. The van der Waals surface area contributed by atoms with Gasteiger partial charge >= 0.3 is 97.7 Å². The second kappa shape index (κ2) is 3.48. The average Bonchev–Trinajstić information content (AvgIpc) is 2.67. The van der Waals surface area contributed by atoms with Crippen LogP contribution >= 0.6 is 0 Å². The fourth-order valence-electron chi connectivity index (χ4n) is 1.92. The number of aromatic carboxylic acids is 1. The van der Waals surface area contributed by atoms with Crippen molar-refractivity contribution >= 4 is 39.8 Å². The summed E-state index contributed by atoms with van der Waals surface area (Å²) in [7, 11) is 0. The van der Waals surface area contributed by atoms with Crippen LogP contribution in [0, 0.1) is 0 Å². The van der Waals surface area contributed by atoms with Crippen LogP contribution in [0.5, 0.6) is 0 Å². The van der Waals surface area contributed by atoms with E-state index < -0.39 is 5.97 Å². The zero-order chi connectivity index (χ0) is 11.1. The van der Waals surface area contributed by atoms with E-state index in [1.54, 1.807) is 6.07 Å². The van der Waals surface area contributed by atoms with Crippen molar-refractivity contribution in [2.75, 3.05) is 0 Å². The summed E-state index contributed by atoms with van der Waals surface area (Å²) in [5, 5.41) is 11.4. The molecule has 1 N–H and O–H groups in total. The molecular weight excluding hydrogens is 267 g/mol. The molecule has 16 heavy (non-hydrogen) atoms. The van der Waals surface area contributed by atoms with E-state index in [4.69, 9.17) is 5.11 Å². The maximum absolute atomic E-state index is 11.1. The zero-order valence-electron chi connectivity index (χ0n) is 8.31. The third-order valence-corrected chi connectivity index (χ3v) is 5.19. The SMILES string of the molecule is O=C(O)c1cccc2c1[se]c1ccccc12. The van der Waals surface area contributed by atoms with Gasteiger partial charge in [-0.05, 0) is 0 Å². The molecule has 0 unspecified atom stereocenters. The van der Waals surface area contributed by atoms with Crippen molar-refractivity contribution in [3.05, 3.63) is 48.0 Å². The summed E-state index contributed by atoms with van der Waals surface area (Å²) in [6.45, 7) is 0. The predicted molar refractivity (Wildman–Crippen MR) is 65.4 cm³/mol. The Hall–Kier alpha value is -1.57. The second-order valence-corrected chi connectivity index (χ2v) is 5.79. The van der Waals surface area contributed by atoms with Crippen molar-refractivity contribution in [1.82, 2.24) is 0 Å². The molecule has 0 aliphatic carbocycles. The first-order chi connectivity index (χ1) is 7.77. The minimum absolute atomic E-state index is 0.126. The van der Waals surface area contributed by atoms with Gasteiger partial charge in [0.25, 0.3) is 0 Å². The van der Waals surface area contributed by atoms with Crippen molar-refractivity contribution < 1.29 is 9.90 Å². The van der Waals surface area contributed by atoms with Gasteiger partial charge in [-0.1, -0.05) is 0 Å².